The third-order valence-electron chi connectivity index (χ3n) is 10.8. The van der Waals surface area contributed by atoms with Crippen molar-refractivity contribution in [2.45, 2.75) is 69.3 Å². The van der Waals surface area contributed by atoms with Crippen molar-refractivity contribution >= 4 is 34.2 Å². The van der Waals surface area contributed by atoms with Gasteiger partial charge in [0.15, 0.2) is 0 Å². The molecule has 6 atom stereocenters. The van der Waals surface area contributed by atoms with E-state index in [0.717, 1.165) is 28.6 Å². The molecule has 1 aromatic heterocycles. The van der Waals surface area contributed by atoms with Crippen LogP contribution in [0.25, 0.3) is 16.5 Å². The molecule has 3 aromatic rings. The van der Waals surface area contributed by atoms with E-state index in [9.17, 15) is 19.5 Å². The lowest BCUT2D eigenvalue weighted by Crippen LogP contribution is -2.71. The van der Waals surface area contributed by atoms with Crippen molar-refractivity contribution in [1.29, 1.82) is 0 Å². The molecule has 0 saturated carbocycles. The molecule has 10 nitrogen and oxygen atoms in total. The number of nitrogens with one attached hydrogen (secondary N) is 2. The highest BCUT2D eigenvalue weighted by atomic mass is 16.7. The number of aliphatic hydroxyl groups is 1. The van der Waals surface area contributed by atoms with E-state index in [-0.39, 0.29) is 24.3 Å². The molecule has 5 aliphatic rings. The minimum atomic E-state index is -2.06. The monoisotopic (exact) mass is 609 g/mol. The Morgan fingerprint density at radius 3 is 2.73 bits per heavy atom. The molecule has 5 heterocycles. The number of rotatable bonds is 5. The second kappa shape index (κ2) is 10.0. The summed E-state index contributed by atoms with van der Waals surface area (Å²) in [5.74, 6) is -4.27. The van der Waals surface area contributed by atoms with E-state index in [2.05, 4.69) is 33.5 Å². The third-order valence-corrected chi connectivity index (χ3v) is 10.8. The van der Waals surface area contributed by atoms with Crippen molar-refractivity contribution in [3.8, 4) is 0 Å². The molecule has 10 heteroatoms. The van der Waals surface area contributed by atoms with Crippen molar-refractivity contribution < 1.29 is 24.2 Å². The largest absolute Gasteiger partial charge is 0.361 e. The fourth-order valence-corrected chi connectivity index (χ4v) is 8.47. The number of amides is 3. The fourth-order valence-electron chi connectivity index (χ4n) is 8.47. The molecule has 3 N–H and O–H groups in total. The molecule has 0 spiro atoms. The average Bonchev–Trinajstić information content (AvgIpc) is 3.74. The maximum atomic E-state index is 14.6. The zero-order chi connectivity index (χ0) is 31.2. The van der Waals surface area contributed by atoms with Gasteiger partial charge in [0.2, 0.25) is 17.5 Å². The number of benzene rings is 2. The molecule has 3 amide bonds. The SMILES string of the molecule is CC(C)[C@@]1(NC(=O)[C@@H]2C=C3c4cccc5[nH]cc(c45)C[C@H]3N(C)C2)O[C@@]2(O)[C@@H]3CCCN3C(=O)[C@@H](Cc3ccccc3)N2C1=O. The van der Waals surface area contributed by atoms with Crippen molar-refractivity contribution in [2.24, 2.45) is 11.8 Å². The highest BCUT2D eigenvalue weighted by Crippen LogP contribution is 2.48. The maximum Gasteiger partial charge on any atom is 0.281 e. The number of piperazine rings is 1. The van der Waals surface area contributed by atoms with Crippen LogP contribution < -0.4 is 5.32 Å². The standard InChI is InChI=1S/C35H39N5O5/c1-20(2)34(37-31(41)23-16-25-24-11-7-12-26-30(24)22(18-36-26)17-27(25)38(3)19-23)33(43)40-28(15-21-9-5-4-6-10-21)32(42)39-14-8-13-29(39)35(40,44)45-34/h4-7,9-12,16,18,20,23,27-29,36,44H,8,13-15,17,19H2,1-3H3,(H,37,41)/t23-,27-,28-,29+,34-,35+/m1/s1. The van der Waals surface area contributed by atoms with Crippen molar-refractivity contribution in [3.63, 3.8) is 0 Å². The van der Waals surface area contributed by atoms with Gasteiger partial charge in [-0.2, -0.15) is 0 Å². The van der Waals surface area contributed by atoms with Gasteiger partial charge in [0.25, 0.3) is 11.8 Å². The van der Waals surface area contributed by atoms with E-state index < -0.39 is 41.5 Å². The number of hydrogen-bond donors (Lipinski definition) is 3. The lowest BCUT2D eigenvalue weighted by Gasteiger charge is -2.48. The molecule has 3 fully saturated rings. The normalized spacial score (nSPS) is 32.5. The van der Waals surface area contributed by atoms with Gasteiger partial charge in [0, 0.05) is 48.6 Å². The van der Waals surface area contributed by atoms with Crippen LogP contribution in [0.3, 0.4) is 0 Å². The van der Waals surface area contributed by atoms with Gasteiger partial charge in [-0.25, -0.2) is 0 Å². The Kier molecular flexibility index (Phi) is 6.33. The van der Waals surface area contributed by atoms with Crippen LogP contribution in [0, 0.1) is 11.8 Å². The van der Waals surface area contributed by atoms with E-state index >= 15 is 0 Å². The van der Waals surface area contributed by atoms with Crippen molar-refractivity contribution in [3.05, 3.63) is 77.5 Å². The van der Waals surface area contributed by atoms with Crippen LogP contribution in [0.15, 0.2) is 60.8 Å². The number of aromatic amines is 1. The van der Waals surface area contributed by atoms with Gasteiger partial charge in [0.1, 0.15) is 12.1 Å². The lowest BCUT2D eigenvalue weighted by molar-refractivity contribution is -0.321. The lowest BCUT2D eigenvalue weighted by atomic mass is 9.79. The molecule has 0 unspecified atom stereocenters. The van der Waals surface area contributed by atoms with Gasteiger partial charge in [-0.1, -0.05) is 62.4 Å². The molecule has 45 heavy (non-hydrogen) atoms. The number of likely N-dealkylation sites (N-methyl/N-ethyl adjacent to an activating group) is 1. The first-order valence-electron chi connectivity index (χ1n) is 16.1. The first kappa shape index (κ1) is 28.5. The number of ether oxygens (including phenoxy) is 1. The number of aromatic nitrogens is 1. The third kappa shape index (κ3) is 4.01. The molecular weight excluding hydrogens is 570 g/mol. The Bertz CT molecular complexity index is 1750. The van der Waals surface area contributed by atoms with Gasteiger partial charge in [0.05, 0.1) is 5.92 Å². The van der Waals surface area contributed by atoms with Crippen molar-refractivity contribution in [1.82, 2.24) is 25.0 Å². The number of carbonyl (C=O) groups is 3. The second-order valence-electron chi connectivity index (χ2n) is 13.6. The molecule has 1 aliphatic carbocycles. The summed E-state index contributed by atoms with van der Waals surface area (Å²) in [6, 6.07) is 14.2. The Hall–Kier alpha value is -3.99. The number of carbonyl (C=O) groups excluding carboxylic acids is 3. The maximum absolute atomic E-state index is 14.6. The highest BCUT2D eigenvalue weighted by Gasteiger charge is 2.72. The molecule has 234 valence electrons. The van der Waals surface area contributed by atoms with E-state index in [0.29, 0.717) is 25.9 Å². The van der Waals surface area contributed by atoms with Crippen LogP contribution in [0.4, 0.5) is 0 Å². The van der Waals surface area contributed by atoms with Gasteiger partial charge in [-0.3, -0.25) is 28.9 Å². The second-order valence-corrected chi connectivity index (χ2v) is 13.6. The summed E-state index contributed by atoms with van der Waals surface area (Å²) in [7, 11) is 2.03. The van der Waals surface area contributed by atoms with E-state index in [1.54, 1.807) is 18.7 Å². The number of H-pyrrole nitrogens is 1. The van der Waals surface area contributed by atoms with Crippen molar-refractivity contribution in [2.75, 3.05) is 20.1 Å². The summed E-state index contributed by atoms with van der Waals surface area (Å²) >= 11 is 0. The Morgan fingerprint density at radius 2 is 1.96 bits per heavy atom. The van der Waals surface area contributed by atoms with Crippen LogP contribution in [0.5, 0.6) is 0 Å². The zero-order valence-corrected chi connectivity index (χ0v) is 25.8. The van der Waals surface area contributed by atoms with Crippen LogP contribution in [0.1, 0.15) is 43.4 Å². The first-order chi connectivity index (χ1) is 21.6. The molecule has 0 bridgehead atoms. The van der Waals surface area contributed by atoms with Crippen LogP contribution in [-0.4, -0.2) is 92.4 Å². The van der Waals surface area contributed by atoms with Gasteiger partial charge < -0.3 is 20.3 Å². The number of hydrogen-bond acceptors (Lipinski definition) is 6. The molecular formula is C35H39N5O5. The highest BCUT2D eigenvalue weighted by molar-refractivity contribution is 6.01. The predicted molar refractivity (Wildman–Crippen MR) is 167 cm³/mol. The molecule has 2 aromatic carbocycles. The summed E-state index contributed by atoms with van der Waals surface area (Å²) in [4.78, 5) is 51.2. The number of nitrogens with zero attached hydrogens (tertiary/aromatic N) is 3. The topological polar surface area (TPSA) is 118 Å². The Labute approximate surface area is 262 Å². The minimum Gasteiger partial charge on any atom is -0.361 e. The summed E-state index contributed by atoms with van der Waals surface area (Å²) < 4.78 is 6.49. The van der Waals surface area contributed by atoms with E-state index in [1.165, 1.54) is 15.8 Å². The quantitative estimate of drug-likeness (QED) is 0.410. The summed E-state index contributed by atoms with van der Waals surface area (Å²) in [5.41, 5.74) is 3.59. The fraction of sp³-hybridized carbons (Fsp3) is 0.457. The average molecular weight is 610 g/mol. The molecule has 0 radical (unpaired) electrons. The van der Waals surface area contributed by atoms with Gasteiger partial charge >= 0.3 is 0 Å². The minimum absolute atomic E-state index is 0.138. The van der Waals surface area contributed by atoms with E-state index in [1.807, 2.05) is 49.5 Å². The first-order valence-corrected chi connectivity index (χ1v) is 16.1. The smallest absolute Gasteiger partial charge is 0.281 e. The van der Waals surface area contributed by atoms with Gasteiger partial charge in [-0.15, -0.1) is 0 Å². The summed E-state index contributed by atoms with van der Waals surface area (Å²) in [6.45, 7) is 4.56. The number of fused-ring (bicyclic) bond motifs is 5. The predicted octanol–water partition coefficient (Wildman–Crippen LogP) is 2.63. The van der Waals surface area contributed by atoms with E-state index in [4.69, 9.17) is 4.74 Å². The Morgan fingerprint density at radius 1 is 1.16 bits per heavy atom. The van der Waals surface area contributed by atoms with Gasteiger partial charge in [-0.05, 0) is 54.6 Å². The summed E-state index contributed by atoms with van der Waals surface area (Å²) in [5, 5.41) is 16.5. The summed E-state index contributed by atoms with van der Waals surface area (Å²) in [6.07, 6.45) is 6.40. The molecule has 3 saturated heterocycles. The zero-order valence-electron chi connectivity index (χ0n) is 25.8. The van der Waals surface area contributed by atoms with Crippen LogP contribution in [0.2, 0.25) is 0 Å². The Balaban J connectivity index is 1.15. The van der Waals surface area contributed by atoms with Crippen LogP contribution >= 0.6 is 0 Å². The molecule has 4 aliphatic heterocycles. The molecule has 8 rings (SSSR count). The van der Waals surface area contributed by atoms with Crippen LogP contribution in [-0.2, 0) is 32.0 Å².